The zero-order valence-corrected chi connectivity index (χ0v) is 8.29. The smallest absolute Gasteiger partial charge is 0.330 e. The van der Waals surface area contributed by atoms with Crippen molar-refractivity contribution in [3.8, 4) is 0 Å². The maximum atomic E-state index is 10.9. The van der Waals surface area contributed by atoms with Crippen LogP contribution in [0.5, 0.6) is 0 Å². The molecule has 0 bridgehead atoms. The Morgan fingerprint density at radius 2 is 2.21 bits per heavy atom. The minimum absolute atomic E-state index is 0.234. The number of nitrogens with one attached hydrogen (secondary N) is 1. The van der Waals surface area contributed by atoms with Crippen LogP contribution in [-0.4, -0.2) is 25.2 Å². The normalized spacial score (nSPS) is 10.1. The number of rotatable bonds is 6. The lowest BCUT2D eigenvalue weighted by Crippen LogP contribution is -2.29. The van der Waals surface area contributed by atoms with Crippen LogP contribution in [0.2, 0.25) is 0 Å². The molecule has 0 saturated carbocycles. The number of hydrogen-bond acceptors (Lipinski definition) is 3. The van der Waals surface area contributed by atoms with E-state index in [0.29, 0.717) is 6.61 Å². The molecule has 0 heterocycles. The Kier molecular flexibility index (Phi) is 7.22. The molecule has 0 aromatic carbocycles. The van der Waals surface area contributed by atoms with Crippen LogP contribution in [0.25, 0.3) is 0 Å². The van der Waals surface area contributed by atoms with Gasteiger partial charge in [-0.15, -0.1) is 0 Å². The molecule has 14 heavy (non-hydrogen) atoms. The molecule has 5 nitrogen and oxygen atoms in total. The van der Waals surface area contributed by atoms with Crippen molar-refractivity contribution in [3.05, 3.63) is 12.2 Å². The second-order valence-corrected chi connectivity index (χ2v) is 2.67. The molecule has 0 atom stereocenters. The molecule has 0 aromatic heterocycles. The monoisotopic (exact) mass is 200 g/mol. The third kappa shape index (κ3) is 8.58. The third-order valence-electron chi connectivity index (χ3n) is 1.39. The Bertz CT molecular complexity index is 214. The Morgan fingerprint density at radius 3 is 2.79 bits per heavy atom. The summed E-state index contributed by atoms with van der Waals surface area (Å²) in [5.74, 6) is -0.398. The van der Waals surface area contributed by atoms with Crippen LogP contribution >= 0.6 is 0 Å². The lowest BCUT2D eigenvalue weighted by Gasteiger charge is -1.99. The van der Waals surface area contributed by atoms with Crippen molar-refractivity contribution in [3.63, 3.8) is 0 Å². The van der Waals surface area contributed by atoms with Crippen LogP contribution in [-0.2, 0) is 9.53 Å². The lowest BCUT2D eigenvalue weighted by atomic mass is 10.4. The highest BCUT2D eigenvalue weighted by Crippen LogP contribution is 1.89. The number of ether oxygens (including phenoxy) is 1. The molecular weight excluding hydrogens is 184 g/mol. The second kappa shape index (κ2) is 8.10. The van der Waals surface area contributed by atoms with E-state index in [2.05, 4.69) is 5.32 Å². The number of unbranched alkanes of at least 4 members (excludes halogenated alkanes) is 1. The van der Waals surface area contributed by atoms with Crippen LogP contribution in [0, 0.1) is 0 Å². The van der Waals surface area contributed by atoms with Gasteiger partial charge in [0.15, 0.2) is 0 Å². The van der Waals surface area contributed by atoms with E-state index < -0.39 is 12.0 Å². The van der Waals surface area contributed by atoms with E-state index in [4.69, 9.17) is 10.5 Å². The summed E-state index contributed by atoms with van der Waals surface area (Å²) in [4.78, 5) is 21.1. The van der Waals surface area contributed by atoms with Gasteiger partial charge in [-0.25, -0.2) is 9.59 Å². The van der Waals surface area contributed by atoms with Gasteiger partial charge in [0.25, 0.3) is 0 Å². The quantitative estimate of drug-likeness (QED) is 0.373. The van der Waals surface area contributed by atoms with Crippen molar-refractivity contribution >= 4 is 12.0 Å². The fourth-order valence-corrected chi connectivity index (χ4v) is 0.680. The Labute approximate surface area is 83.3 Å². The number of amides is 2. The average molecular weight is 200 g/mol. The van der Waals surface area contributed by atoms with Crippen LogP contribution < -0.4 is 11.1 Å². The lowest BCUT2D eigenvalue weighted by molar-refractivity contribution is -0.137. The predicted molar refractivity (Wildman–Crippen MR) is 52.6 cm³/mol. The minimum Gasteiger partial charge on any atom is -0.463 e. The molecular formula is C9H16N2O3. The van der Waals surface area contributed by atoms with E-state index in [0.717, 1.165) is 12.8 Å². The predicted octanol–water partition coefficient (Wildman–Crippen LogP) is 0.554. The highest BCUT2D eigenvalue weighted by molar-refractivity contribution is 5.82. The van der Waals surface area contributed by atoms with Gasteiger partial charge in [0, 0.05) is 12.6 Å². The maximum absolute atomic E-state index is 10.9. The van der Waals surface area contributed by atoms with Gasteiger partial charge in [-0.2, -0.15) is 0 Å². The van der Waals surface area contributed by atoms with Crippen LogP contribution in [0.1, 0.15) is 19.8 Å². The summed E-state index contributed by atoms with van der Waals surface area (Å²) < 4.78 is 4.82. The zero-order chi connectivity index (χ0) is 10.8. The summed E-state index contributed by atoms with van der Waals surface area (Å²) in [6, 6.07) is -0.617. The zero-order valence-electron chi connectivity index (χ0n) is 8.29. The van der Waals surface area contributed by atoms with Crippen molar-refractivity contribution < 1.29 is 14.3 Å². The molecule has 0 rings (SSSR count). The summed E-state index contributed by atoms with van der Waals surface area (Å²) in [5.41, 5.74) is 4.81. The van der Waals surface area contributed by atoms with Crippen molar-refractivity contribution in [2.45, 2.75) is 19.8 Å². The minimum atomic E-state index is -0.617. The first-order chi connectivity index (χ1) is 6.66. The average Bonchev–Trinajstić information content (AvgIpc) is 2.13. The molecule has 0 aliphatic carbocycles. The third-order valence-corrected chi connectivity index (χ3v) is 1.39. The summed E-state index contributed by atoms with van der Waals surface area (Å²) >= 11 is 0. The summed E-state index contributed by atoms with van der Waals surface area (Å²) in [7, 11) is 0. The Morgan fingerprint density at radius 1 is 1.50 bits per heavy atom. The molecule has 0 saturated heterocycles. The molecule has 0 fully saturated rings. The summed E-state index contributed by atoms with van der Waals surface area (Å²) in [5, 5.41) is 2.31. The highest BCUT2D eigenvalue weighted by atomic mass is 16.5. The Balaban J connectivity index is 3.45. The van der Waals surface area contributed by atoms with Crippen LogP contribution in [0.4, 0.5) is 4.79 Å². The van der Waals surface area contributed by atoms with Crippen molar-refractivity contribution in [1.29, 1.82) is 0 Å². The van der Waals surface area contributed by atoms with Gasteiger partial charge in [-0.05, 0) is 6.42 Å². The molecule has 0 spiro atoms. The molecule has 2 amide bonds. The maximum Gasteiger partial charge on any atom is 0.330 e. The van der Waals surface area contributed by atoms with E-state index in [-0.39, 0.29) is 6.54 Å². The molecule has 0 radical (unpaired) electrons. The number of hydrogen-bond donors (Lipinski definition) is 2. The number of urea groups is 1. The van der Waals surface area contributed by atoms with E-state index in [1.54, 1.807) is 0 Å². The van der Waals surface area contributed by atoms with Gasteiger partial charge < -0.3 is 15.8 Å². The van der Waals surface area contributed by atoms with Gasteiger partial charge in [0.2, 0.25) is 0 Å². The van der Waals surface area contributed by atoms with Gasteiger partial charge in [0.05, 0.1) is 6.61 Å². The van der Waals surface area contributed by atoms with Crippen molar-refractivity contribution in [2.24, 2.45) is 5.73 Å². The first-order valence-corrected chi connectivity index (χ1v) is 4.53. The number of esters is 1. The molecule has 0 aromatic rings. The van der Waals surface area contributed by atoms with Gasteiger partial charge in [-0.1, -0.05) is 19.4 Å². The molecule has 0 aliphatic heterocycles. The number of primary amides is 1. The summed E-state index contributed by atoms with van der Waals surface area (Å²) in [6.07, 6.45) is 4.60. The van der Waals surface area contributed by atoms with Gasteiger partial charge in [0.1, 0.15) is 0 Å². The summed E-state index contributed by atoms with van der Waals surface area (Å²) in [6.45, 7) is 2.68. The van der Waals surface area contributed by atoms with Crippen LogP contribution in [0.3, 0.4) is 0 Å². The fraction of sp³-hybridized carbons (Fsp3) is 0.556. The number of nitrogens with two attached hydrogens (primary N) is 1. The molecule has 5 heteroatoms. The highest BCUT2D eigenvalue weighted by Gasteiger charge is 1.94. The van der Waals surface area contributed by atoms with Crippen molar-refractivity contribution in [1.82, 2.24) is 5.32 Å². The van der Waals surface area contributed by atoms with E-state index >= 15 is 0 Å². The van der Waals surface area contributed by atoms with Crippen molar-refractivity contribution in [2.75, 3.05) is 13.2 Å². The standard InChI is InChI=1S/C9H16N2O3/c1-2-3-7-14-8(12)5-4-6-11-9(10)13/h4-5H,2-3,6-7H2,1H3,(H3,10,11,13). The molecule has 0 aliphatic rings. The topological polar surface area (TPSA) is 81.4 Å². The van der Waals surface area contributed by atoms with E-state index in [9.17, 15) is 9.59 Å². The first-order valence-electron chi connectivity index (χ1n) is 4.53. The van der Waals surface area contributed by atoms with E-state index in [1.165, 1.54) is 12.2 Å². The number of carbonyl (C=O) groups excluding carboxylic acids is 2. The SMILES string of the molecule is CCCCOC(=O)C=CCNC(N)=O. The van der Waals surface area contributed by atoms with Gasteiger partial charge >= 0.3 is 12.0 Å². The molecule has 0 unspecified atom stereocenters. The van der Waals surface area contributed by atoms with Gasteiger partial charge in [-0.3, -0.25) is 0 Å². The largest absolute Gasteiger partial charge is 0.463 e. The van der Waals surface area contributed by atoms with Crippen LogP contribution in [0.15, 0.2) is 12.2 Å². The molecule has 80 valence electrons. The van der Waals surface area contributed by atoms with E-state index in [1.807, 2.05) is 6.92 Å². The number of carbonyl (C=O) groups is 2. The molecule has 3 N–H and O–H groups in total. The Hall–Kier alpha value is -1.52. The fourth-order valence-electron chi connectivity index (χ4n) is 0.680. The first kappa shape index (κ1) is 12.5. The second-order valence-electron chi connectivity index (χ2n) is 2.67.